The number of hydrogen-bond donors (Lipinski definition) is 0. The molecule has 0 spiro atoms. The quantitative estimate of drug-likeness (QED) is 0.163. The van der Waals surface area contributed by atoms with Crippen molar-refractivity contribution in [2.24, 2.45) is 0 Å². The molecule has 0 aliphatic carbocycles. The van der Waals surface area contributed by atoms with Crippen LogP contribution in [-0.4, -0.2) is 20.3 Å². The summed E-state index contributed by atoms with van der Waals surface area (Å²) < 4.78 is 27.2. The average Bonchev–Trinajstić information content (AvgIpc) is 3.89. The molecule has 6 nitrogen and oxygen atoms in total. The lowest BCUT2D eigenvalue weighted by atomic mass is 9.36. The number of thiophene rings is 1. The fourth-order valence-corrected chi connectivity index (χ4v) is 11.0. The summed E-state index contributed by atoms with van der Waals surface area (Å²) in [6.07, 6.45) is 0. The number of nitrogens with zero attached hydrogens (tertiary/aromatic N) is 2. The van der Waals surface area contributed by atoms with Gasteiger partial charge in [-0.25, -0.2) is 0 Å². The zero-order chi connectivity index (χ0) is 41.0. The molecule has 4 aliphatic rings. The summed E-state index contributed by atoms with van der Waals surface area (Å²) >= 11 is 1.92. The monoisotopic (exact) mass is 788 g/mol. The van der Waals surface area contributed by atoms with Gasteiger partial charge in [-0.15, -0.1) is 11.3 Å². The van der Waals surface area contributed by atoms with Gasteiger partial charge >= 0.3 is 0 Å². The van der Waals surface area contributed by atoms with Gasteiger partial charge < -0.3 is 28.7 Å². The van der Waals surface area contributed by atoms with Crippen LogP contribution in [0.2, 0.25) is 0 Å². The van der Waals surface area contributed by atoms with Crippen molar-refractivity contribution >= 4 is 78.0 Å². The van der Waals surface area contributed by atoms with Crippen molar-refractivity contribution in [2.75, 3.05) is 23.4 Å². The lowest BCUT2D eigenvalue weighted by molar-refractivity contribution is 0.173. The zero-order valence-corrected chi connectivity index (χ0v) is 37.0. The van der Waals surface area contributed by atoms with Gasteiger partial charge in [0.25, 0.3) is 6.71 Å². The normalized spacial score (nSPS) is 15.3. The Balaban J connectivity index is 1.38. The fraction of sp³-hybridized carbons (Fsp3) is 0.360. The standard InChI is InChI=1S/C50H53BN2O4S/c1-26-16-31(49(8,9)10)17-27(2)43(26)52-35-23-39-38(54-24-55-39)22-34(35)51-42-36(52)20-32(50(11,12)13)21-37(42)53(44-28(3)18-40-46(29(44)4)57-25-56-40)45-33-19-30(48(5,6)7)14-15-41(33)58-47(45)51/h14-23H,24-25H2,1-13H3. The van der Waals surface area contributed by atoms with Gasteiger partial charge in [0, 0.05) is 43.6 Å². The summed E-state index contributed by atoms with van der Waals surface area (Å²) in [4.78, 5) is 5.14. The molecule has 6 aromatic rings. The minimum absolute atomic E-state index is 0.0154. The van der Waals surface area contributed by atoms with E-state index in [-0.39, 0.29) is 36.5 Å². The van der Waals surface area contributed by atoms with Crippen LogP contribution in [0.25, 0.3) is 10.1 Å². The smallest absolute Gasteiger partial charge is 0.264 e. The molecule has 58 heavy (non-hydrogen) atoms. The molecular formula is C50H53BN2O4S. The SMILES string of the molecule is Cc1cc(C(C)(C)C)cc(C)c1N1c2cc3c(cc2B2c4sc5ccc(C(C)(C)C)cc5c4N(c4c(C)cc5c(c4C)OCO5)c4cc(C(C)(C)C)cc1c42)OCO3. The Morgan fingerprint density at radius 2 is 1.10 bits per heavy atom. The Hall–Kier alpha value is -5.08. The predicted molar refractivity (Wildman–Crippen MR) is 243 cm³/mol. The van der Waals surface area contributed by atoms with Crippen LogP contribution in [0.1, 0.15) is 101 Å². The van der Waals surface area contributed by atoms with Gasteiger partial charge in [0.1, 0.15) is 0 Å². The molecule has 0 amide bonds. The summed E-state index contributed by atoms with van der Waals surface area (Å²) in [5, 5.41) is 1.27. The van der Waals surface area contributed by atoms with Crippen molar-refractivity contribution in [3.05, 3.63) is 99.6 Å². The molecule has 1 aromatic heterocycles. The predicted octanol–water partition coefficient (Wildman–Crippen LogP) is 11.6. The molecule has 0 saturated heterocycles. The summed E-state index contributed by atoms with van der Waals surface area (Å²) in [5.41, 5.74) is 18.1. The Morgan fingerprint density at radius 1 is 0.534 bits per heavy atom. The molecule has 0 fully saturated rings. The summed E-state index contributed by atoms with van der Waals surface area (Å²) in [6, 6.07) is 23.5. The first kappa shape index (κ1) is 37.2. The molecule has 0 bridgehead atoms. The number of anilines is 6. The van der Waals surface area contributed by atoms with Crippen molar-refractivity contribution in [1.82, 2.24) is 0 Å². The van der Waals surface area contributed by atoms with E-state index in [1.165, 1.54) is 76.4 Å². The molecule has 5 heterocycles. The Bertz CT molecular complexity index is 2740. The van der Waals surface area contributed by atoms with Crippen LogP contribution in [0.5, 0.6) is 23.0 Å². The minimum atomic E-state index is -0.150. The van der Waals surface area contributed by atoms with Gasteiger partial charge in [-0.1, -0.05) is 80.5 Å². The Morgan fingerprint density at radius 3 is 1.76 bits per heavy atom. The van der Waals surface area contributed by atoms with E-state index in [0.29, 0.717) is 0 Å². The average molecular weight is 789 g/mol. The highest BCUT2D eigenvalue weighted by molar-refractivity contribution is 7.33. The highest BCUT2D eigenvalue weighted by Crippen LogP contribution is 2.54. The van der Waals surface area contributed by atoms with Gasteiger partial charge in [-0.05, 0) is 125 Å². The summed E-state index contributed by atoms with van der Waals surface area (Å²) in [5.74, 6) is 3.22. The van der Waals surface area contributed by atoms with Gasteiger partial charge in [-0.2, -0.15) is 0 Å². The molecule has 296 valence electrons. The van der Waals surface area contributed by atoms with E-state index < -0.39 is 0 Å². The van der Waals surface area contributed by atoms with Gasteiger partial charge in [0.05, 0.1) is 17.1 Å². The molecule has 8 heteroatoms. The maximum Gasteiger partial charge on any atom is 0.264 e. The number of ether oxygens (including phenoxy) is 4. The highest BCUT2D eigenvalue weighted by Gasteiger charge is 2.48. The van der Waals surface area contributed by atoms with E-state index in [1.54, 1.807) is 0 Å². The van der Waals surface area contributed by atoms with Gasteiger partial charge in [0.15, 0.2) is 23.0 Å². The third-order valence-electron chi connectivity index (χ3n) is 12.7. The third-order valence-corrected chi connectivity index (χ3v) is 14.0. The van der Waals surface area contributed by atoms with Crippen LogP contribution in [0.3, 0.4) is 0 Å². The number of benzene rings is 5. The number of rotatable bonds is 2. The van der Waals surface area contributed by atoms with E-state index in [1.807, 2.05) is 11.3 Å². The molecule has 0 unspecified atom stereocenters. The van der Waals surface area contributed by atoms with E-state index in [2.05, 4.69) is 160 Å². The number of aryl methyl sites for hydroxylation is 3. The number of fused-ring (bicyclic) bond motifs is 8. The second-order valence-corrected chi connectivity index (χ2v) is 21.0. The number of hydrogen-bond acceptors (Lipinski definition) is 7. The van der Waals surface area contributed by atoms with Crippen molar-refractivity contribution < 1.29 is 18.9 Å². The maximum atomic E-state index is 6.22. The molecule has 5 aromatic carbocycles. The van der Waals surface area contributed by atoms with Crippen molar-refractivity contribution in [1.29, 1.82) is 0 Å². The fourth-order valence-electron chi connectivity index (χ4n) is 9.68. The van der Waals surface area contributed by atoms with Gasteiger partial charge in [-0.3, -0.25) is 0 Å². The van der Waals surface area contributed by atoms with Crippen molar-refractivity contribution in [3.63, 3.8) is 0 Å². The molecule has 0 saturated carbocycles. The lowest BCUT2D eigenvalue weighted by Gasteiger charge is -2.45. The lowest BCUT2D eigenvalue weighted by Crippen LogP contribution is -2.60. The van der Waals surface area contributed by atoms with Crippen LogP contribution < -0.4 is 44.4 Å². The zero-order valence-electron chi connectivity index (χ0n) is 36.2. The highest BCUT2D eigenvalue weighted by atomic mass is 32.1. The first-order valence-electron chi connectivity index (χ1n) is 20.6. The van der Waals surface area contributed by atoms with Crippen molar-refractivity contribution in [3.8, 4) is 23.0 Å². The minimum Gasteiger partial charge on any atom is -0.454 e. The summed E-state index contributed by atoms with van der Waals surface area (Å²) in [7, 11) is 0. The van der Waals surface area contributed by atoms with Crippen LogP contribution in [-0.2, 0) is 16.2 Å². The topological polar surface area (TPSA) is 43.4 Å². The second kappa shape index (κ2) is 12.2. The van der Waals surface area contributed by atoms with Crippen molar-refractivity contribution in [2.45, 2.75) is 106 Å². The van der Waals surface area contributed by atoms with Gasteiger partial charge in [0.2, 0.25) is 13.6 Å². The largest absolute Gasteiger partial charge is 0.454 e. The van der Waals surface area contributed by atoms with E-state index >= 15 is 0 Å². The Labute approximate surface area is 347 Å². The molecule has 0 atom stereocenters. The second-order valence-electron chi connectivity index (χ2n) is 19.9. The first-order chi connectivity index (χ1) is 27.3. The maximum absolute atomic E-state index is 6.22. The van der Waals surface area contributed by atoms with Crippen LogP contribution in [0.4, 0.5) is 34.1 Å². The Kier molecular flexibility index (Phi) is 7.85. The van der Waals surface area contributed by atoms with E-state index in [0.717, 1.165) is 45.5 Å². The van der Waals surface area contributed by atoms with E-state index in [9.17, 15) is 0 Å². The molecule has 10 rings (SSSR count). The molecular weight excluding hydrogens is 735 g/mol. The molecule has 0 N–H and O–H groups in total. The van der Waals surface area contributed by atoms with Crippen LogP contribution in [0.15, 0.2) is 60.7 Å². The van der Waals surface area contributed by atoms with Crippen LogP contribution in [0, 0.1) is 27.7 Å². The first-order valence-corrected chi connectivity index (χ1v) is 21.4. The van der Waals surface area contributed by atoms with E-state index in [4.69, 9.17) is 18.9 Å². The molecule has 4 aliphatic heterocycles. The summed E-state index contributed by atoms with van der Waals surface area (Å²) in [6.45, 7) is 30.2. The third kappa shape index (κ3) is 5.36. The molecule has 0 radical (unpaired) electrons. The van der Waals surface area contributed by atoms with Crippen LogP contribution >= 0.6 is 11.3 Å².